The number of thioether (sulfide) groups is 1. The fraction of sp³-hybridized carbons (Fsp3) is 0.182. The molecule has 0 fully saturated rings. The Hall–Kier alpha value is -3.39. The number of hydrogen-bond acceptors (Lipinski definition) is 5. The van der Waals surface area contributed by atoms with Crippen molar-refractivity contribution in [1.82, 2.24) is 24.5 Å². The molecule has 2 aromatic heterocycles. The maximum absolute atomic E-state index is 12.4. The van der Waals surface area contributed by atoms with Gasteiger partial charge in [0.25, 0.3) is 0 Å². The molecule has 0 aliphatic carbocycles. The van der Waals surface area contributed by atoms with E-state index in [4.69, 9.17) is 0 Å². The van der Waals surface area contributed by atoms with E-state index in [2.05, 4.69) is 20.6 Å². The summed E-state index contributed by atoms with van der Waals surface area (Å²) in [5.74, 6) is 0.839. The Labute approximate surface area is 179 Å². The lowest BCUT2D eigenvalue weighted by atomic mass is 10.3. The van der Waals surface area contributed by atoms with Gasteiger partial charge < -0.3 is 5.32 Å². The number of benzene rings is 2. The Bertz CT molecular complexity index is 1140. The van der Waals surface area contributed by atoms with E-state index in [1.165, 1.54) is 11.8 Å². The summed E-state index contributed by atoms with van der Waals surface area (Å²) in [6.45, 7) is 4.73. The fourth-order valence-electron chi connectivity index (χ4n) is 3.15. The van der Waals surface area contributed by atoms with Gasteiger partial charge in [0, 0.05) is 17.9 Å². The molecule has 1 N–H and O–H groups in total. The second-order valence-corrected chi connectivity index (χ2v) is 7.61. The molecule has 2 heterocycles. The molecule has 7 nitrogen and oxygen atoms in total. The average Bonchev–Trinajstić information content (AvgIpc) is 3.36. The SMILES string of the molecule is CCn1nc(C)cc1-c1nnc(SCC(=O)Nc2ccccc2)n1-c1ccccc1. The molecule has 4 aromatic rings. The van der Waals surface area contributed by atoms with Crippen LogP contribution in [0.2, 0.25) is 0 Å². The molecular weight excluding hydrogens is 396 g/mol. The van der Waals surface area contributed by atoms with Gasteiger partial charge in [0.2, 0.25) is 5.91 Å². The molecule has 0 saturated heterocycles. The first-order valence-electron chi connectivity index (χ1n) is 9.69. The van der Waals surface area contributed by atoms with Crippen molar-refractivity contribution in [3.8, 4) is 17.2 Å². The molecule has 0 atom stereocenters. The number of aryl methyl sites for hydroxylation is 2. The van der Waals surface area contributed by atoms with Gasteiger partial charge in [-0.2, -0.15) is 5.10 Å². The second kappa shape index (κ2) is 8.96. The molecular formula is C22H22N6OS. The van der Waals surface area contributed by atoms with Gasteiger partial charge in [-0.3, -0.25) is 14.0 Å². The van der Waals surface area contributed by atoms with Gasteiger partial charge in [-0.15, -0.1) is 10.2 Å². The van der Waals surface area contributed by atoms with E-state index >= 15 is 0 Å². The summed E-state index contributed by atoms with van der Waals surface area (Å²) < 4.78 is 3.89. The topological polar surface area (TPSA) is 77.6 Å². The van der Waals surface area contributed by atoms with E-state index < -0.39 is 0 Å². The van der Waals surface area contributed by atoms with Crippen molar-refractivity contribution in [2.45, 2.75) is 25.5 Å². The van der Waals surface area contributed by atoms with Crippen LogP contribution in [0.3, 0.4) is 0 Å². The maximum atomic E-state index is 12.4. The molecule has 8 heteroatoms. The van der Waals surface area contributed by atoms with E-state index in [-0.39, 0.29) is 11.7 Å². The highest BCUT2D eigenvalue weighted by Gasteiger charge is 2.20. The van der Waals surface area contributed by atoms with Crippen LogP contribution in [-0.4, -0.2) is 36.2 Å². The number of para-hydroxylation sites is 2. The zero-order chi connectivity index (χ0) is 20.9. The van der Waals surface area contributed by atoms with Crippen molar-refractivity contribution >= 4 is 23.4 Å². The monoisotopic (exact) mass is 418 g/mol. The van der Waals surface area contributed by atoms with Crippen molar-refractivity contribution in [2.75, 3.05) is 11.1 Å². The first kappa shape index (κ1) is 19.9. The molecule has 0 spiro atoms. The smallest absolute Gasteiger partial charge is 0.234 e. The molecule has 30 heavy (non-hydrogen) atoms. The fourth-order valence-corrected chi connectivity index (χ4v) is 3.91. The van der Waals surface area contributed by atoms with E-state index in [0.717, 1.165) is 29.3 Å². The lowest BCUT2D eigenvalue weighted by Crippen LogP contribution is -2.14. The van der Waals surface area contributed by atoms with Crippen molar-refractivity contribution in [2.24, 2.45) is 0 Å². The molecule has 1 amide bonds. The van der Waals surface area contributed by atoms with Crippen molar-refractivity contribution in [3.05, 3.63) is 72.4 Å². The molecule has 0 unspecified atom stereocenters. The molecule has 152 valence electrons. The quantitative estimate of drug-likeness (QED) is 0.455. The summed E-state index contributed by atoms with van der Waals surface area (Å²) in [6.07, 6.45) is 0. The molecule has 4 rings (SSSR count). The van der Waals surface area contributed by atoms with Crippen LogP contribution < -0.4 is 5.32 Å². The third-order valence-corrected chi connectivity index (χ3v) is 5.40. The molecule has 0 aliphatic rings. The largest absolute Gasteiger partial charge is 0.325 e. The van der Waals surface area contributed by atoms with E-state index in [1.54, 1.807) is 0 Å². The van der Waals surface area contributed by atoms with E-state index in [0.29, 0.717) is 11.0 Å². The Morgan fingerprint density at radius 3 is 2.43 bits per heavy atom. The van der Waals surface area contributed by atoms with E-state index in [1.807, 2.05) is 89.8 Å². The zero-order valence-electron chi connectivity index (χ0n) is 16.8. The Balaban J connectivity index is 1.63. The van der Waals surface area contributed by atoms with Crippen LogP contribution in [0.25, 0.3) is 17.2 Å². The molecule has 0 bridgehead atoms. The lowest BCUT2D eigenvalue weighted by Gasteiger charge is -2.11. The number of nitrogens with one attached hydrogen (secondary N) is 1. The molecule has 0 radical (unpaired) electrons. The third kappa shape index (κ3) is 4.28. The Morgan fingerprint density at radius 1 is 1.03 bits per heavy atom. The Kier molecular flexibility index (Phi) is 5.94. The number of carbonyl (C=O) groups excluding carboxylic acids is 1. The average molecular weight is 419 g/mol. The highest BCUT2D eigenvalue weighted by atomic mass is 32.2. The number of rotatable bonds is 7. The highest BCUT2D eigenvalue weighted by molar-refractivity contribution is 7.99. The molecule has 0 saturated carbocycles. The van der Waals surface area contributed by atoms with Crippen molar-refractivity contribution < 1.29 is 4.79 Å². The van der Waals surface area contributed by atoms with Gasteiger partial charge in [-0.1, -0.05) is 48.2 Å². The number of hydrogen-bond donors (Lipinski definition) is 1. The van der Waals surface area contributed by atoms with E-state index in [9.17, 15) is 4.79 Å². The van der Waals surface area contributed by atoms with Crippen LogP contribution in [-0.2, 0) is 11.3 Å². The maximum Gasteiger partial charge on any atom is 0.234 e. The van der Waals surface area contributed by atoms with Crippen LogP contribution in [0.4, 0.5) is 5.69 Å². The summed E-state index contributed by atoms with van der Waals surface area (Å²) >= 11 is 1.35. The standard InChI is InChI=1S/C22H22N6OS/c1-3-27-19(14-16(2)26-27)21-24-25-22(28(21)18-12-8-5-9-13-18)30-15-20(29)23-17-10-6-4-7-11-17/h4-14H,3,15H2,1-2H3,(H,23,29). The van der Waals surface area contributed by atoms with Crippen LogP contribution in [0, 0.1) is 6.92 Å². The second-order valence-electron chi connectivity index (χ2n) is 6.67. The van der Waals surface area contributed by atoms with Gasteiger partial charge in [0.15, 0.2) is 11.0 Å². The molecule has 2 aromatic carbocycles. The first-order valence-corrected chi connectivity index (χ1v) is 10.7. The minimum Gasteiger partial charge on any atom is -0.325 e. The predicted molar refractivity (Wildman–Crippen MR) is 119 cm³/mol. The number of anilines is 1. The summed E-state index contributed by atoms with van der Waals surface area (Å²) in [4.78, 5) is 12.4. The van der Waals surface area contributed by atoms with Crippen LogP contribution in [0.5, 0.6) is 0 Å². The summed E-state index contributed by atoms with van der Waals surface area (Å²) in [7, 11) is 0. The van der Waals surface area contributed by atoms with Crippen LogP contribution >= 0.6 is 11.8 Å². The predicted octanol–water partition coefficient (Wildman–Crippen LogP) is 4.19. The minimum absolute atomic E-state index is 0.0928. The highest BCUT2D eigenvalue weighted by Crippen LogP contribution is 2.28. The summed E-state index contributed by atoms with van der Waals surface area (Å²) in [5, 5.41) is 16.9. The van der Waals surface area contributed by atoms with Gasteiger partial charge in [0.1, 0.15) is 5.69 Å². The first-order chi connectivity index (χ1) is 14.7. The van der Waals surface area contributed by atoms with Crippen molar-refractivity contribution in [1.29, 1.82) is 0 Å². The minimum atomic E-state index is -0.0928. The molecule has 0 aliphatic heterocycles. The zero-order valence-corrected chi connectivity index (χ0v) is 17.6. The lowest BCUT2D eigenvalue weighted by molar-refractivity contribution is -0.113. The van der Waals surface area contributed by atoms with Crippen LogP contribution in [0.1, 0.15) is 12.6 Å². The number of aromatic nitrogens is 5. The Morgan fingerprint density at radius 2 is 1.73 bits per heavy atom. The third-order valence-electron chi connectivity index (χ3n) is 4.47. The number of carbonyl (C=O) groups is 1. The number of nitrogens with zero attached hydrogens (tertiary/aromatic N) is 5. The normalized spacial score (nSPS) is 10.9. The van der Waals surface area contributed by atoms with Gasteiger partial charge in [-0.05, 0) is 44.2 Å². The van der Waals surface area contributed by atoms with Gasteiger partial charge in [-0.25, -0.2) is 0 Å². The van der Waals surface area contributed by atoms with Crippen molar-refractivity contribution in [3.63, 3.8) is 0 Å². The summed E-state index contributed by atoms with van der Waals surface area (Å²) in [5.41, 5.74) is 3.53. The summed E-state index contributed by atoms with van der Waals surface area (Å²) in [6, 6.07) is 21.3. The van der Waals surface area contributed by atoms with Crippen LogP contribution in [0.15, 0.2) is 71.9 Å². The van der Waals surface area contributed by atoms with Gasteiger partial charge in [0.05, 0.1) is 11.4 Å². The van der Waals surface area contributed by atoms with Gasteiger partial charge >= 0.3 is 0 Å². The number of amides is 1.